The second-order valence-corrected chi connectivity index (χ2v) is 7.69. The predicted octanol–water partition coefficient (Wildman–Crippen LogP) is 3.36. The Morgan fingerprint density at radius 2 is 1.73 bits per heavy atom. The van der Waals surface area contributed by atoms with Gasteiger partial charge in [0.15, 0.2) is 0 Å². The van der Waals surface area contributed by atoms with E-state index >= 15 is 0 Å². The van der Waals surface area contributed by atoms with Gasteiger partial charge >= 0.3 is 0 Å². The summed E-state index contributed by atoms with van der Waals surface area (Å²) >= 11 is 6.11. The minimum Gasteiger partial charge on any atom is -0.379 e. The first-order valence-corrected chi connectivity index (χ1v) is 10.3. The summed E-state index contributed by atoms with van der Waals surface area (Å²) in [4.78, 5) is 26.7. The predicted molar refractivity (Wildman–Crippen MR) is 120 cm³/mol. The van der Waals surface area contributed by atoms with Crippen LogP contribution < -0.4 is 16.0 Å². The number of hydrogen-bond donors (Lipinski definition) is 3. The lowest BCUT2D eigenvalue weighted by Gasteiger charge is -2.25. The largest absolute Gasteiger partial charge is 0.379 e. The maximum Gasteiger partial charge on any atom is 0.246 e. The summed E-state index contributed by atoms with van der Waals surface area (Å²) in [5.74, 6) is -0.217. The molecule has 1 atom stereocenters. The first-order chi connectivity index (χ1) is 14.4. The molecule has 2 aromatic carbocycles. The highest BCUT2D eigenvalue weighted by atomic mass is 35.5. The number of amides is 2. The summed E-state index contributed by atoms with van der Waals surface area (Å²) in [5.41, 5.74) is 3.02. The minimum absolute atomic E-state index is 0.0535. The van der Waals surface area contributed by atoms with Crippen molar-refractivity contribution in [3.8, 4) is 0 Å². The molecular weight excluding hydrogens is 404 g/mol. The van der Waals surface area contributed by atoms with Crippen LogP contribution in [0.5, 0.6) is 0 Å². The van der Waals surface area contributed by atoms with Crippen molar-refractivity contribution in [2.24, 2.45) is 0 Å². The molecule has 0 aromatic heterocycles. The van der Waals surface area contributed by atoms with E-state index < -0.39 is 6.04 Å². The minimum atomic E-state index is -0.454. The van der Waals surface area contributed by atoms with Crippen LogP contribution in [-0.2, 0) is 14.3 Å². The van der Waals surface area contributed by atoms with Gasteiger partial charge in [-0.3, -0.25) is 14.5 Å². The number of hydrogen-bond acceptors (Lipinski definition) is 5. The average molecular weight is 431 g/mol. The highest BCUT2D eigenvalue weighted by molar-refractivity contribution is 6.31. The molecule has 3 rings (SSSR count). The molecule has 1 unspecified atom stereocenters. The van der Waals surface area contributed by atoms with Crippen molar-refractivity contribution in [2.75, 3.05) is 48.8 Å². The molecule has 0 saturated carbocycles. The summed E-state index contributed by atoms with van der Waals surface area (Å²) < 4.78 is 5.29. The van der Waals surface area contributed by atoms with E-state index in [0.29, 0.717) is 36.2 Å². The molecule has 30 heavy (non-hydrogen) atoms. The van der Waals surface area contributed by atoms with Crippen molar-refractivity contribution < 1.29 is 14.3 Å². The summed E-state index contributed by atoms with van der Waals surface area (Å²) in [7, 11) is 0. The molecule has 7 nitrogen and oxygen atoms in total. The van der Waals surface area contributed by atoms with E-state index in [2.05, 4.69) is 20.9 Å². The Kier molecular flexibility index (Phi) is 7.68. The number of carbonyl (C=O) groups excluding carboxylic acids is 2. The monoisotopic (exact) mass is 430 g/mol. The van der Waals surface area contributed by atoms with Crippen molar-refractivity contribution in [1.82, 2.24) is 4.90 Å². The molecule has 1 saturated heterocycles. The van der Waals surface area contributed by atoms with E-state index in [4.69, 9.17) is 16.3 Å². The Bertz CT molecular complexity index is 882. The van der Waals surface area contributed by atoms with Crippen LogP contribution in [-0.4, -0.2) is 55.6 Å². The molecule has 1 heterocycles. The van der Waals surface area contributed by atoms with Gasteiger partial charge < -0.3 is 20.7 Å². The lowest BCUT2D eigenvalue weighted by Crippen LogP contribution is -2.41. The second-order valence-electron chi connectivity index (χ2n) is 7.28. The van der Waals surface area contributed by atoms with Gasteiger partial charge in [-0.1, -0.05) is 17.7 Å². The average Bonchev–Trinajstić information content (AvgIpc) is 2.73. The van der Waals surface area contributed by atoms with Crippen molar-refractivity contribution in [3.05, 3.63) is 53.1 Å². The van der Waals surface area contributed by atoms with Gasteiger partial charge in [0.2, 0.25) is 11.8 Å². The third kappa shape index (κ3) is 6.19. The lowest BCUT2D eigenvalue weighted by molar-refractivity contribution is -0.118. The Morgan fingerprint density at radius 1 is 1.07 bits per heavy atom. The smallest absolute Gasteiger partial charge is 0.246 e. The molecular formula is C22H27ClN4O3. The molecule has 2 aromatic rings. The standard InChI is InChI=1S/C22H27ClN4O3/c1-15-19(23)4-3-5-20(15)26-22(29)16(2)24-17-6-8-18(9-7-17)25-21(28)14-27-10-12-30-13-11-27/h3-9,16,24H,10-14H2,1-2H3,(H,25,28)(H,26,29). The first kappa shape index (κ1) is 22.1. The maximum atomic E-state index is 12.5. The van der Waals surface area contributed by atoms with Crippen LogP contribution in [0.2, 0.25) is 5.02 Å². The topological polar surface area (TPSA) is 82.7 Å². The molecule has 0 radical (unpaired) electrons. The zero-order valence-corrected chi connectivity index (χ0v) is 18.0. The molecule has 0 aliphatic carbocycles. The van der Waals surface area contributed by atoms with Gasteiger partial charge in [-0.2, -0.15) is 0 Å². The SMILES string of the molecule is Cc1c(Cl)cccc1NC(=O)C(C)Nc1ccc(NC(=O)CN2CCOCC2)cc1. The number of nitrogens with zero attached hydrogens (tertiary/aromatic N) is 1. The third-order valence-electron chi connectivity index (χ3n) is 4.94. The van der Waals surface area contributed by atoms with Gasteiger partial charge in [-0.25, -0.2) is 0 Å². The van der Waals surface area contributed by atoms with E-state index in [1.165, 1.54) is 0 Å². The number of halogens is 1. The van der Waals surface area contributed by atoms with Crippen LogP contribution in [0, 0.1) is 6.92 Å². The Labute approximate surface area is 181 Å². The highest BCUT2D eigenvalue weighted by Gasteiger charge is 2.16. The van der Waals surface area contributed by atoms with Crippen LogP contribution >= 0.6 is 11.6 Å². The molecule has 8 heteroatoms. The number of ether oxygens (including phenoxy) is 1. The number of morpholine rings is 1. The number of carbonyl (C=O) groups is 2. The van der Waals surface area contributed by atoms with E-state index in [1.54, 1.807) is 19.1 Å². The van der Waals surface area contributed by atoms with Gasteiger partial charge in [-0.05, 0) is 55.8 Å². The molecule has 3 N–H and O–H groups in total. The van der Waals surface area contributed by atoms with Gasteiger partial charge in [0.25, 0.3) is 0 Å². The van der Waals surface area contributed by atoms with Crippen LogP contribution in [0.25, 0.3) is 0 Å². The third-order valence-corrected chi connectivity index (χ3v) is 5.35. The molecule has 2 amide bonds. The number of benzene rings is 2. The van der Waals surface area contributed by atoms with Gasteiger partial charge in [0.1, 0.15) is 6.04 Å². The van der Waals surface area contributed by atoms with Crippen LogP contribution in [0.4, 0.5) is 17.1 Å². The molecule has 160 valence electrons. The normalized spacial score (nSPS) is 15.3. The molecule has 1 aliphatic rings. The van der Waals surface area contributed by atoms with Crippen molar-refractivity contribution in [2.45, 2.75) is 19.9 Å². The second kappa shape index (κ2) is 10.4. The first-order valence-electron chi connectivity index (χ1n) is 9.95. The van der Waals surface area contributed by atoms with Gasteiger partial charge in [0.05, 0.1) is 19.8 Å². The Morgan fingerprint density at radius 3 is 2.43 bits per heavy atom. The van der Waals surface area contributed by atoms with Crippen molar-refractivity contribution >= 4 is 40.5 Å². The lowest BCUT2D eigenvalue weighted by atomic mass is 10.2. The summed E-state index contributed by atoms with van der Waals surface area (Å²) in [6.45, 7) is 6.86. The number of anilines is 3. The summed E-state index contributed by atoms with van der Waals surface area (Å²) in [5, 5.41) is 9.56. The highest BCUT2D eigenvalue weighted by Crippen LogP contribution is 2.23. The quantitative estimate of drug-likeness (QED) is 0.627. The van der Waals surface area contributed by atoms with E-state index in [1.807, 2.05) is 37.3 Å². The van der Waals surface area contributed by atoms with Gasteiger partial charge in [-0.15, -0.1) is 0 Å². The fourth-order valence-corrected chi connectivity index (χ4v) is 3.29. The van der Waals surface area contributed by atoms with E-state index in [-0.39, 0.29) is 11.8 Å². The fourth-order valence-electron chi connectivity index (χ4n) is 3.11. The number of nitrogens with one attached hydrogen (secondary N) is 3. The van der Waals surface area contributed by atoms with Crippen LogP contribution in [0.3, 0.4) is 0 Å². The van der Waals surface area contributed by atoms with Crippen molar-refractivity contribution in [1.29, 1.82) is 0 Å². The van der Waals surface area contributed by atoms with Crippen molar-refractivity contribution in [3.63, 3.8) is 0 Å². The summed E-state index contributed by atoms with van der Waals surface area (Å²) in [6.07, 6.45) is 0. The fraction of sp³-hybridized carbons (Fsp3) is 0.364. The molecule has 0 spiro atoms. The molecule has 0 bridgehead atoms. The number of rotatable bonds is 7. The van der Waals surface area contributed by atoms with Crippen LogP contribution in [0.15, 0.2) is 42.5 Å². The Balaban J connectivity index is 1.50. The summed E-state index contributed by atoms with van der Waals surface area (Å²) in [6, 6.07) is 12.2. The maximum absolute atomic E-state index is 12.5. The van der Waals surface area contributed by atoms with Gasteiger partial charge in [0, 0.05) is 35.2 Å². The Hall–Kier alpha value is -2.61. The van der Waals surface area contributed by atoms with E-state index in [9.17, 15) is 9.59 Å². The molecule has 1 fully saturated rings. The van der Waals surface area contributed by atoms with E-state index in [0.717, 1.165) is 24.3 Å². The molecule has 1 aliphatic heterocycles. The zero-order valence-electron chi connectivity index (χ0n) is 17.2. The van der Waals surface area contributed by atoms with Crippen LogP contribution in [0.1, 0.15) is 12.5 Å². The zero-order chi connectivity index (χ0) is 21.5.